The summed E-state index contributed by atoms with van der Waals surface area (Å²) in [7, 11) is -3.58. The molecule has 126 valence electrons. The minimum atomic E-state index is -3.58. The van der Waals surface area contributed by atoms with E-state index in [1.807, 2.05) is 13.8 Å². The lowest BCUT2D eigenvalue weighted by Crippen LogP contribution is -2.46. The molecule has 6 nitrogen and oxygen atoms in total. The van der Waals surface area contributed by atoms with Crippen molar-refractivity contribution in [3.8, 4) is 5.75 Å². The van der Waals surface area contributed by atoms with Gasteiger partial charge in [0.05, 0.1) is 6.04 Å². The number of fused-ring (bicyclic) bond motifs is 1. The molecule has 0 saturated heterocycles. The molecule has 1 aromatic carbocycles. The molecule has 4 N–H and O–H groups in total. The van der Waals surface area contributed by atoms with Crippen molar-refractivity contribution < 1.29 is 13.2 Å². The van der Waals surface area contributed by atoms with Gasteiger partial charge in [0.15, 0.2) is 0 Å². The van der Waals surface area contributed by atoms with E-state index in [9.17, 15) is 8.42 Å². The van der Waals surface area contributed by atoms with Crippen molar-refractivity contribution in [2.75, 3.05) is 5.73 Å². The molecular formula is C14H24ClN3O3S. The fourth-order valence-electron chi connectivity index (χ4n) is 2.51. The van der Waals surface area contributed by atoms with Crippen LogP contribution in [0.15, 0.2) is 18.2 Å². The first-order valence-electron chi connectivity index (χ1n) is 6.96. The summed E-state index contributed by atoms with van der Waals surface area (Å²) in [5, 5.41) is 0. The summed E-state index contributed by atoms with van der Waals surface area (Å²) in [5.74, 6) is 0.665. The average molecular weight is 350 g/mol. The van der Waals surface area contributed by atoms with Crippen LogP contribution >= 0.6 is 12.4 Å². The zero-order valence-electron chi connectivity index (χ0n) is 13.2. The SMILES string of the molecule is CC(C)NS(=O)(=O)NC1CC(C)(C)Oc2ccc(N)cc21.Cl. The van der Waals surface area contributed by atoms with Crippen molar-refractivity contribution in [1.29, 1.82) is 0 Å². The number of ether oxygens (including phenoxy) is 1. The number of nitrogens with one attached hydrogen (secondary N) is 2. The van der Waals surface area contributed by atoms with E-state index in [0.29, 0.717) is 17.9 Å². The summed E-state index contributed by atoms with van der Waals surface area (Å²) in [6, 6.07) is 4.74. The number of anilines is 1. The van der Waals surface area contributed by atoms with Gasteiger partial charge in [-0.2, -0.15) is 17.9 Å². The van der Waals surface area contributed by atoms with Gasteiger partial charge in [0.2, 0.25) is 0 Å². The largest absolute Gasteiger partial charge is 0.487 e. The van der Waals surface area contributed by atoms with Crippen LogP contribution in [-0.2, 0) is 10.2 Å². The normalized spacial score (nSPS) is 20.0. The van der Waals surface area contributed by atoms with E-state index in [1.165, 1.54) is 0 Å². The number of nitrogen functional groups attached to an aromatic ring is 1. The predicted octanol–water partition coefficient (Wildman–Crippen LogP) is 2.13. The topological polar surface area (TPSA) is 93.5 Å². The van der Waals surface area contributed by atoms with E-state index < -0.39 is 15.8 Å². The lowest BCUT2D eigenvalue weighted by molar-refractivity contribution is 0.0702. The van der Waals surface area contributed by atoms with E-state index in [-0.39, 0.29) is 24.5 Å². The van der Waals surface area contributed by atoms with Crippen LogP contribution < -0.4 is 19.9 Å². The third-order valence-corrected chi connectivity index (χ3v) is 4.56. The fourth-order valence-corrected chi connectivity index (χ4v) is 3.78. The van der Waals surface area contributed by atoms with Crippen molar-refractivity contribution in [2.24, 2.45) is 0 Å². The molecule has 0 spiro atoms. The number of rotatable bonds is 4. The van der Waals surface area contributed by atoms with Crippen molar-refractivity contribution in [1.82, 2.24) is 9.44 Å². The van der Waals surface area contributed by atoms with Crippen LogP contribution in [0.1, 0.15) is 45.7 Å². The van der Waals surface area contributed by atoms with E-state index in [1.54, 1.807) is 32.0 Å². The number of hydrogen-bond acceptors (Lipinski definition) is 4. The molecule has 1 aromatic rings. The Kier molecular flexibility index (Phi) is 5.72. The lowest BCUT2D eigenvalue weighted by Gasteiger charge is -2.37. The monoisotopic (exact) mass is 349 g/mol. The van der Waals surface area contributed by atoms with Gasteiger partial charge in [0.25, 0.3) is 10.2 Å². The molecule has 0 fully saturated rings. The molecule has 1 unspecified atom stereocenters. The Morgan fingerprint density at radius 1 is 1.36 bits per heavy atom. The van der Waals surface area contributed by atoms with Gasteiger partial charge in [-0.15, -0.1) is 12.4 Å². The van der Waals surface area contributed by atoms with Crippen molar-refractivity contribution >= 4 is 28.3 Å². The van der Waals surface area contributed by atoms with Crippen molar-refractivity contribution in [3.63, 3.8) is 0 Å². The van der Waals surface area contributed by atoms with Crippen LogP contribution in [0.25, 0.3) is 0 Å². The van der Waals surface area contributed by atoms with Gasteiger partial charge >= 0.3 is 0 Å². The number of nitrogens with two attached hydrogens (primary N) is 1. The van der Waals surface area contributed by atoms with Crippen LogP contribution in [0.2, 0.25) is 0 Å². The molecular weight excluding hydrogens is 326 g/mol. The molecule has 22 heavy (non-hydrogen) atoms. The molecule has 8 heteroatoms. The smallest absolute Gasteiger partial charge is 0.277 e. The van der Waals surface area contributed by atoms with Crippen LogP contribution in [-0.4, -0.2) is 20.1 Å². The molecule has 1 aliphatic rings. The molecule has 2 rings (SSSR count). The third-order valence-electron chi connectivity index (χ3n) is 3.18. The first-order valence-corrected chi connectivity index (χ1v) is 8.44. The summed E-state index contributed by atoms with van der Waals surface area (Å²) in [6.45, 7) is 7.42. The summed E-state index contributed by atoms with van der Waals surface area (Å²) in [5.41, 5.74) is 6.71. The number of benzene rings is 1. The third kappa shape index (κ3) is 4.74. The van der Waals surface area contributed by atoms with E-state index in [2.05, 4.69) is 9.44 Å². The predicted molar refractivity (Wildman–Crippen MR) is 90.5 cm³/mol. The maximum atomic E-state index is 12.1. The van der Waals surface area contributed by atoms with Gasteiger partial charge in [0, 0.05) is 23.7 Å². The highest BCUT2D eigenvalue weighted by Gasteiger charge is 2.35. The number of halogens is 1. The van der Waals surface area contributed by atoms with Gasteiger partial charge in [0.1, 0.15) is 11.4 Å². The Morgan fingerprint density at radius 2 is 2.00 bits per heavy atom. The van der Waals surface area contributed by atoms with Crippen LogP contribution in [0.5, 0.6) is 5.75 Å². The Labute approximate surface area is 138 Å². The Morgan fingerprint density at radius 3 is 2.59 bits per heavy atom. The van der Waals surface area contributed by atoms with Crippen molar-refractivity contribution in [2.45, 2.75) is 51.8 Å². The average Bonchev–Trinajstić information content (AvgIpc) is 2.26. The molecule has 0 aliphatic carbocycles. The molecule has 0 radical (unpaired) electrons. The lowest BCUT2D eigenvalue weighted by atomic mass is 9.90. The zero-order chi connectivity index (χ0) is 15.8. The van der Waals surface area contributed by atoms with E-state index in [4.69, 9.17) is 10.5 Å². The summed E-state index contributed by atoms with van der Waals surface area (Å²) < 4.78 is 35.3. The summed E-state index contributed by atoms with van der Waals surface area (Å²) in [6.07, 6.45) is 0.530. The molecule has 0 amide bonds. The van der Waals surface area contributed by atoms with Crippen LogP contribution in [0.3, 0.4) is 0 Å². The fraction of sp³-hybridized carbons (Fsp3) is 0.571. The molecule has 1 atom stereocenters. The van der Waals surface area contributed by atoms with E-state index in [0.717, 1.165) is 5.56 Å². The zero-order valence-corrected chi connectivity index (χ0v) is 14.8. The van der Waals surface area contributed by atoms with Gasteiger partial charge < -0.3 is 10.5 Å². The Bertz CT molecular complexity index is 632. The standard InChI is InChI=1S/C14H23N3O3S.ClH/c1-9(2)16-21(18,19)17-12-8-14(3,4)20-13-6-5-10(15)7-11(12)13;/h5-7,9,12,16-17H,8,15H2,1-4H3;1H. The molecule has 1 aliphatic heterocycles. The highest BCUT2D eigenvalue weighted by molar-refractivity contribution is 7.87. The maximum Gasteiger partial charge on any atom is 0.277 e. The van der Waals surface area contributed by atoms with Crippen LogP contribution in [0.4, 0.5) is 5.69 Å². The minimum absolute atomic E-state index is 0. The van der Waals surface area contributed by atoms with Gasteiger partial charge in [-0.3, -0.25) is 0 Å². The minimum Gasteiger partial charge on any atom is -0.487 e. The molecule has 0 saturated carbocycles. The number of hydrogen-bond donors (Lipinski definition) is 3. The first kappa shape index (κ1) is 19.0. The van der Waals surface area contributed by atoms with E-state index >= 15 is 0 Å². The van der Waals surface area contributed by atoms with Gasteiger partial charge in [-0.05, 0) is 45.9 Å². The van der Waals surface area contributed by atoms with Crippen LogP contribution in [0, 0.1) is 0 Å². The second-order valence-electron chi connectivity index (χ2n) is 6.31. The molecule has 1 heterocycles. The summed E-state index contributed by atoms with van der Waals surface area (Å²) in [4.78, 5) is 0. The Hall–Kier alpha value is -1.02. The van der Waals surface area contributed by atoms with Gasteiger partial charge in [-0.25, -0.2) is 0 Å². The molecule has 0 bridgehead atoms. The quantitative estimate of drug-likeness (QED) is 0.726. The second-order valence-corrected chi connectivity index (χ2v) is 7.79. The summed E-state index contributed by atoms with van der Waals surface area (Å²) >= 11 is 0. The first-order chi connectivity index (χ1) is 9.58. The maximum absolute atomic E-state index is 12.1. The highest BCUT2D eigenvalue weighted by atomic mass is 35.5. The highest BCUT2D eigenvalue weighted by Crippen LogP contribution is 2.40. The van der Waals surface area contributed by atoms with Crippen molar-refractivity contribution in [3.05, 3.63) is 23.8 Å². The van der Waals surface area contributed by atoms with Gasteiger partial charge in [-0.1, -0.05) is 0 Å². The molecule has 0 aromatic heterocycles. The Balaban J connectivity index is 0.00000242. The second kappa shape index (κ2) is 6.62.